The number of rotatable bonds is 7. The third kappa shape index (κ3) is 2.97. The Hall–Kier alpha value is -0.330. The highest BCUT2D eigenvalue weighted by Crippen LogP contribution is 2.66. The van der Waals surface area contributed by atoms with Crippen molar-refractivity contribution < 1.29 is 27.5 Å². The predicted molar refractivity (Wildman–Crippen MR) is 65.1 cm³/mol. The average molecular weight is 300 g/mol. The molecule has 1 atom stereocenters. The summed E-state index contributed by atoms with van der Waals surface area (Å²) in [5, 5.41) is 11.2. The summed E-state index contributed by atoms with van der Waals surface area (Å²) in [6.07, 6.45) is -2.21. The molecule has 0 amide bonds. The van der Waals surface area contributed by atoms with Gasteiger partial charge in [-0.2, -0.15) is 8.78 Å². The predicted octanol–water partition coefficient (Wildman–Crippen LogP) is 3.64. The zero-order valence-corrected chi connectivity index (χ0v) is 11.7. The fourth-order valence-electron chi connectivity index (χ4n) is 1.32. The SMILES string of the molecule is CCOP(=O)(OCC)C(F)(F)C(O)c1cccs1. The van der Waals surface area contributed by atoms with E-state index in [1.807, 2.05) is 0 Å². The lowest BCUT2D eigenvalue weighted by molar-refractivity contribution is -0.0660. The lowest BCUT2D eigenvalue weighted by Crippen LogP contribution is -2.28. The molecule has 0 aromatic carbocycles. The molecule has 0 fully saturated rings. The van der Waals surface area contributed by atoms with Gasteiger partial charge in [-0.05, 0) is 25.3 Å². The number of hydrogen-bond acceptors (Lipinski definition) is 5. The summed E-state index contributed by atoms with van der Waals surface area (Å²) in [5.41, 5.74) is -3.98. The molecule has 0 aliphatic rings. The van der Waals surface area contributed by atoms with E-state index in [-0.39, 0.29) is 18.1 Å². The number of thiophene rings is 1. The quantitative estimate of drug-likeness (QED) is 0.781. The van der Waals surface area contributed by atoms with E-state index in [9.17, 15) is 18.5 Å². The van der Waals surface area contributed by atoms with Crippen LogP contribution in [-0.2, 0) is 13.6 Å². The summed E-state index contributed by atoms with van der Waals surface area (Å²) in [5.74, 6) is 0. The molecule has 0 aliphatic carbocycles. The number of aliphatic hydroxyl groups is 1. The molecule has 1 N–H and O–H groups in total. The van der Waals surface area contributed by atoms with Crippen LogP contribution in [0.5, 0.6) is 0 Å². The summed E-state index contributed by atoms with van der Waals surface area (Å²) < 4.78 is 49.3. The zero-order chi connectivity index (χ0) is 13.8. The number of alkyl halides is 2. The summed E-state index contributed by atoms with van der Waals surface area (Å²) in [4.78, 5) is 0.0135. The normalized spacial score (nSPS) is 14.7. The van der Waals surface area contributed by atoms with E-state index in [4.69, 9.17) is 0 Å². The van der Waals surface area contributed by atoms with Crippen LogP contribution in [0.2, 0.25) is 0 Å². The lowest BCUT2D eigenvalue weighted by Gasteiger charge is -2.28. The molecule has 1 aromatic heterocycles. The van der Waals surface area contributed by atoms with E-state index in [0.717, 1.165) is 11.3 Å². The smallest absolute Gasteiger partial charge is 0.381 e. The van der Waals surface area contributed by atoms with Crippen LogP contribution in [0.15, 0.2) is 17.5 Å². The first kappa shape index (κ1) is 15.7. The van der Waals surface area contributed by atoms with Crippen molar-refractivity contribution >= 4 is 18.9 Å². The molecule has 0 radical (unpaired) electrons. The van der Waals surface area contributed by atoms with Crippen LogP contribution < -0.4 is 0 Å². The van der Waals surface area contributed by atoms with Gasteiger partial charge in [0.15, 0.2) is 6.10 Å². The van der Waals surface area contributed by atoms with Crippen LogP contribution in [-0.4, -0.2) is 24.0 Å². The highest BCUT2D eigenvalue weighted by atomic mass is 32.1. The van der Waals surface area contributed by atoms with Gasteiger partial charge in [0.1, 0.15) is 0 Å². The van der Waals surface area contributed by atoms with Crippen molar-refractivity contribution in [2.24, 2.45) is 0 Å². The van der Waals surface area contributed by atoms with Crippen LogP contribution in [0.3, 0.4) is 0 Å². The minimum atomic E-state index is -4.70. The number of aliphatic hydroxyl groups excluding tert-OH is 1. The van der Waals surface area contributed by atoms with E-state index in [0.29, 0.717) is 0 Å². The molecule has 0 bridgehead atoms. The Kier molecular flexibility index (Phi) is 5.43. The molecule has 0 aliphatic heterocycles. The van der Waals surface area contributed by atoms with Crippen molar-refractivity contribution in [1.82, 2.24) is 0 Å². The molecule has 1 heterocycles. The van der Waals surface area contributed by atoms with Gasteiger partial charge in [0.2, 0.25) is 0 Å². The molecule has 1 aromatic rings. The van der Waals surface area contributed by atoms with E-state index >= 15 is 0 Å². The molecule has 1 rings (SSSR count). The van der Waals surface area contributed by atoms with E-state index in [2.05, 4.69) is 9.05 Å². The minimum absolute atomic E-state index is 0.0135. The summed E-state index contributed by atoms with van der Waals surface area (Å²) in [6.45, 7) is 2.48. The van der Waals surface area contributed by atoms with Gasteiger partial charge in [-0.3, -0.25) is 4.57 Å². The molecule has 1 unspecified atom stereocenters. The van der Waals surface area contributed by atoms with Gasteiger partial charge in [0.25, 0.3) is 0 Å². The van der Waals surface area contributed by atoms with E-state index < -0.39 is 19.4 Å². The Morgan fingerprint density at radius 2 is 2.00 bits per heavy atom. The first-order valence-corrected chi connectivity index (χ1v) is 7.79. The largest absolute Gasteiger partial charge is 0.402 e. The minimum Gasteiger partial charge on any atom is -0.381 e. The van der Waals surface area contributed by atoms with Crippen molar-refractivity contribution in [3.63, 3.8) is 0 Å². The van der Waals surface area contributed by atoms with Crippen molar-refractivity contribution in [3.05, 3.63) is 22.4 Å². The van der Waals surface area contributed by atoms with E-state index in [1.165, 1.54) is 26.0 Å². The molecule has 18 heavy (non-hydrogen) atoms. The first-order chi connectivity index (χ1) is 8.39. The zero-order valence-electron chi connectivity index (χ0n) is 10.0. The second-order valence-electron chi connectivity index (χ2n) is 3.34. The van der Waals surface area contributed by atoms with Crippen LogP contribution in [0.25, 0.3) is 0 Å². The van der Waals surface area contributed by atoms with Gasteiger partial charge in [0, 0.05) is 4.88 Å². The standard InChI is InChI=1S/C10H15F2O4PS/c1-3-15-17(14,16-4-2)10(11,12)9(13)8-6-5-7-18-8/h5-7,9,13H,3-4H2,1-2H3. The van der Waals surface area contributed by atoms with Crippen molar-refractivity contribution in [3.8, 4) is 0 Å². The molecular weight excluding hydrogens is 285 g/mol. The van der Waals surface area contributed by atoms with Crippen molar-refractivity contribution in [2.45, 2.75) is 25.6 Å². The summed E-state index contributed by atoms with van der Waals surface area (Å²) in [7, 11) is -4.70. The Morgan fingerprint density at radius 1 is 1.44 bits per heavy atom. The average Bonchev–Trinajstić information content (AvgIpc) is 2.81. The van der Waals surface area contributed by atoms with Gasteiger partial charge in [0.05, 0.1) is 13.2 Å². The maximum absolute atomic E-state index is 14.0. The maximum Gasteiger partial charge on any atom is 0.402 e. The molecule has 0 saturated heterocycles. The molecule has 8 heteroatoms. The first-order valence-electron chi connectivity index (χ1n) is 5.37. The Morgan fingerprint density at radius 3 is 2.39 bits per heavy atom. The Labute approximate surface area is 108 Å². The van der Waals surface area contributed by atoms with Gasteiger partial charge >= 0.3 is 13.3 Å². The maximum atomic E-state index is 14.0. The van der Waals surface area contributed by atoms with Crippen molar-refractivity contribution in [2.75, 3.05) is 13.2 Å². The van der Waals surface area contributed by atoms with Gasteiger partial charge in [-0.1, -0.05) is 6.07 Å². The van der Waals surface area contributed by atoms with E-state index in [1.54, 1.807) is 5.38 Å². The topological polar surface area (TPSA) is 55.8 Å². The molecular formula is C10H15F2O4PS. The number of halogens is 2. The molecule has 4 nitrogen and oxygen atoms in total. The summed E-state index contributed by atoms with van der Waals surface area (Å²) in [6, 6.07) is 2.86. The number of hydrogen-bond donors (Lipinski definition) is 1. The van der Waals surface area contributed by atoms with Gasteiger partial charge in [-0.15, -0.1) is 11.3 Å². The van der Waals surface area contributed by atoms with Crippen molar-refractivity contribution in [1.29, 1.82) is 0 Å². The second kappa shape index (κ2) is 6.21. The Balaban J connectivity index is 3.04. The molecule has 0 saturated carbocycles. The molecule has 104 valence electrons. The van der Waals surface area contributed by atoms with Crippen LogP contribution in [0.4, 0.5) is 8.78 Å². The highest BCUT2D eigenvalue weighted by Gasteiger charge is 2.59. The van der Waals surface area contributed by atoms with Gasteiger partial charge < -0.3 is 14.2 Å². The van der Waals surface area contributed by atoms with Gasteiger partial charge in [-0.25, -0.2) is 0 Å². The Bertz CT molecular complexity index is 400. The molecule has 0 spiro atoms. The lowest BCUT2D eigenvalue weighted by atomic mass is 10.3. The monoisotopic (exact) mass is 300 g/mol. The third-order valence-corrected chi connectivity index (χ3v) is 5.20. The third-order valence-electron chi connectivity index (χ3n) is 2.10. The van der Waals surface area contributed by atoms with Crippen LogP contribution in [0.1, 0.15) is 24.8 Å². The highest BCUT2D eigenvalue weighted by molar-refractivity contribution is 7.55. The second-order valence-corrected chi connectivity index (χ2v) is 6.43. The summed E-state index contributed by atoms with van der Waals surface area (Å²) >= 11 is 0.948. The fraction of sp³-hybridized carbons (Fsp3) is 0.600. The fourth-order valence-corrected chi connectivity index (χ4v) is 3.69. The van der Waals surface area contributed by atoms with Crippen LogP contribution in [0, 0.1) is 0 Å². The van der Waals surface area contributed by atoms with Crippen LogP contribution >= 0.6 is 18.9 Å².